The molecule has 0 amide bonds. The van der Waals surface area contributed by atoms with E-state index in [-0.39, 0.29) is 0 Å². The molecule has 0 aliphatic carbocycles. The molecule has 0 fully saturated rings. The van der Waals surface area contributed by atoms with Crippen LogP contribution in [0.25, 0.3) is 0 Å². The Balaban J connectivity index is 3.21. The molecule has 1 unspecified atom stereocenters. The van der Waals surface area contributed by atoms with Gasteiger partial charge >= 0.3 is 5.97 Å². The number of allylic oxidation sites excluding steroid dienone is 2. The lowest BCUT2D eigenvalue weighted by Crippen LogP contribution is -2.21. The molecule has 2 N–H and O–H groups in total. The third-order valence-corrected chi connectivity index (χ3v) is 4.02. The minimum atomic E-state index is -0.955. The molecule has 0 aromatic heterocycles. The molecule has 1 atom stereocenters. The highest BCUT2D eigenvalue weighted by Gasteiger charge is 2.13. The van der Waals surface area contributed by atoms with Crippen LogP contribution in [0.2, 0.25) is 0 Å². The van der Waals surface area contributed by atoms with Gasteiger partial charge in [-0.1, -0.05) is 57.1 Å². The summed E-state index contributed by atoms with van der Waals surface area (Å²) in [5.41, 5.74) is 0. The fourth-order valence-corrected chi connectivity index (χ4v) is 2.52. The zero-order valence-electron chi connectivity index (χ0n) is 14.8. The molecule has 0 aromatic rings. The number of esters is 1. The third kappa shape index (κ3) is 15.8. The molecule has 0 radical (unpaired) electrons. The smallest absolute Gasteiger partial charge is 0.334 e. The number of ether oxygens (including phenoxy) is 1. The number of rotatable bonds is 16. The van der Waals surface area contributed by atoms with E-state index >= 15 is 0 Å². The molecule has 0 rings (SSSR count). The lowest BCUT2D eigenvalue weighted by atomic mass is 10.1. The van der Waals surface area contributed by atoms with E-state index in [9.17, 15) is 9.90 Å². The molecular formula is C19H36O4. The van der Waals surface area contributed by atoms with Crippen molar-refractivity contribution in [3.05, 3.63) is 12.2 Å². The van der Waals surface area contributed by atoms with Crippen molar-refractivity contribution in [1.29, 1.82) is 0 Å². The van der Waals surface area contributed by atoms with Gasteiger partial charge in [-0.15, -0.1) is 0 Å². The minimum absolute atomic E-state index is 0.328. The normalized spacial score (nSPS) is 12.7. The van der Waals surface area contributed by atoms with Gasteiger partial charge in [0, 0.05) is 6.61 Å². The molecule has 0 heterocycles. The van der Waals surface area contributed by atoms with Crippen molar-refractivity contribution in [2.24, 2.45) is 0 Å². The van der Waals surface area contributed by atoms with Crippen LogP contribution in [0.3, 0.4) is 0 Å². The highest BCUT2D eigenvalue weighted by Crippen LogP contribution is 2.10. The summed E-state index contributed by atoms with van der Waals surface area (Å²) in [6, 6.07) is 0. The Morgan fingerprint density at radius 2 is 1.35 bits per heavy atom. The number of unbranched alkanes of at least 4 members (excludes halogenated alkanes) is 10. The summed E-state index contributed by atoms with van der Waals surface area (Å²) >= 11 is 0. The first-order chi connectivity index (χ1) is 11.2. The number of hydrogen-bond donors (Lipinski definition) is 2. The lowest BCUT2D eigenvalue weighted by molar-refractivity contribution is -0.150. The van der Waals surface area contributed by atoms with Gasteiger partial charge in [-0.3, -0.25) is 0 Å². The van der Waals surface area contributed by atoms with Gasteiger partial charge in [0.15, 0.2) is 6.10 Å². The number of hydrogen-bond acceptors (Lipinski definition) is 4. The van der Waals surface area contributed by atoms with E-state index in [1.54, 1.807) is 0 Å². The zero-order valence-corrected chi connectivity index (χ0v) is 14.8. The third-order valence-electron chi connectivity index (χ3n) is 4.02. The summed E-state index contributed by atoms with van der Waals surface area (Å²) in [5.74, 6) is -0.527. The summed E-state index contributed by atoms with van der Waals surface area (Å²) in [5, 5.41) is 18.1. The van der Waals surface area contributed by atoms with Crippen LogP contribution in [-0.4, -0.2) is 36.0 Å². The van der Waals surface area contributed by atoms with Crippen LogP contribution in [0.15, 0.2) is 12.2 Å². The number of carbonyl (C=O) groups excluding carboxylic acids is 1. The predicted molar refractivity (Wildman–Crippen MR) is 94.3 cm³/mol. The summed E-state index contributed by atoms with van der Waals surface area (Å²) in [6.45, 7) is 0.328. The maximum Gasteiger partial charge on any atom is 0.334 e. The molecule has 4 heteroatoms. The summed E-state index contributed by atoms with van der Waals surface area (Å²) in [6.07, 6.45) is 17.8. The second-order valence-corrected chi connectivity index (χ2v) is 6.14. The van der Waals surface area contributed by atoms with Gasteiger partial charge in [-0.2, -0.15) is 0 Å². The molecule has 4 nitrogen and oxygen atoms in total. The van der Waals surface area contributed by atoms with Crippen LogP contribution in [0, 0.1) is 0 Å². The molecule has 0 saturated carbocycles. The van der Waals surface area contributed by atoms with E-state index in [1.807, 2.05) is 0 Å². The number of methoxy groups -OCH3 is 1. The van der Waals surface area contributed by atoms with Crippen LogP contribution < -0.4 is 0 Å². The van der Waals surface area contributed by atoms with Crippen LogP contribution in [0.5, 0.6) is 0 Å². The highest BCUT2D eigenvalue weighted by atomic mass is 16.5. The monoisotopic (exact) mass is 328 g/mol. The maximum absolute atomic E-state index is 11.0. The average molecular weight is 328 g/mol. The van der Waals surface area contributed by atoms with Crippen molar-refractivity contribution < 1.29 is 19.7 Å². The summed E-state index contributed by atoms with van der Waals surface area (Å²) in [7, 11) is 1.30. The highest BCUT2D eigenvalue weighted by molar-refractivity contribution is 5.74. The Kier molecular flexibility index (Phi) is 16.8. The van der Waals surface area contributed by atoms with E-state index in [2.05, 4.69) is 16.9 Å². The second kappa shape index (κ2) is 17.5. The zero-order chi connectivity index (χ0) is 17.2. The van der Waals surface area contributed by atoms with Gasteiger partial charge in [-0.25, -0.2) is 4.79 Å². The van der Waals surface area contributed by atoms with Crippen LogP contribution in [0.4, 0.5) is 0 Å². The van der Waals surface area contributed by atoms with E-state index < -0.39 is 12.1 Å². The van der Waals surface area contributed by atoms with Crippen molar-refractivity contribution in [2.75, 3.05) is 13.7 Å². The Labute approximate surface area is 141 Å². The lowest BCUT2D eigenvalue weighted by Gasteiger charge is -2.07. The number of carbonyl (C=O) groups is 1. The van der Waals surface area contributed by atoms with E-state index in [0.717, 1.165) is 38.5 Å². The number of aliphatic hydroxyl groups excluding tert-OH is 2. The van der Waals surface area contributed by atoms with Crippen LogP contribution in [0.1, 0.15) is 83.5 Å². The van der Waals surface area contributed by atoms with Crippen molar-refractivity contribution >= 4 is 5.97 Å². The molecule has 0 bridgehead atoms. The predicted octanol–water partition coefficient (Wildman–Crippen LogP) is 4.14. The Morgan fingerprint density at radius 1 is 0.870 bits per heavy atom. The van der Waals surface area contributed by atoms with E-state index in [1.165, 1.54) is 45.6 Å². The molecule has 0 saturated heterocycles. The molecular weight excluding hydrogens is 292 g/mol. The first kappa shape index (κ1) is 22.1. The number of aliphatic hydroxyl groups is 2. The van der Waals surface area contributed by atoms with Gasteiger partial charge in [0.2, 0.25) is 0 Å². The fourth-order valence-electron chi connectivity index (χ4n) is 2.52. The van der Waals surface area contributed by atoms with Gasteiger partial charge < -0.3 is 14.9 Å². The summed E-state index contributed by atoms with van der Waals surface area (Å²) < 4.78 is 4.48. The van der Waals surface area contributed by atoms with Crippen molar-refractivity contribution in [1.82, 2.24) is 0 Å². The van der Waals surface area contributed by atoms with Crippen molar-refractivity contribution in [3.8, 4) is 0 Å². The van der Waals surface area contributed by atoms with Crippen LogP contribution >= 0.6 is 0 Å². The molecule has 0 aromatic carbocycles. The minimum Gasteiger partial charge on any atom is -0.467 e. The van der Waals surface area contributed by atoms with Gasteiger partial charge in [-0.05, 0) is 38.5 Å². The quantitative estimate of drug-likeness (QED) is 0.254. The van der Waals surface area contributed by atoms with Crippen molar-refractivity contribution in [2.45, 2.75) is 89.6 Å². The Bertz CT molecular complexity index is 289. The Morgan fingerprint density at radius 3 is 1.87 bits per heavy atom. The van der Waals surface area contributed by atoms with E-state index in [4.69, 9.17) is 5.11 Å². The topological polar surface area (TPSA) is 66.8 Å². The summed E-state index contributed by atoms with van der Waals surface area (Å²) in [4.78, 5) is 11.0. The molecule has 0 aliphatic heterocycles. The largest absolute Gasteiger partial charge is 0.467 e. The van der Waals surface area contributed by atoms with E-state index in [0.29, 0.717) is 13.0 Å². The molecule has 0 spiro atoms. The molecule has 23 heavy (non-hydrogen) atoms. The second-order valence-electron chi connectivity index (χ2n) is 6.14. The van der Waals surface area contributed by atoms with Gasteiger partial charge in [0.25, 0.3) is 0 Å². The first-order valence-electron chi connectivity index (χ1n) is 9.24. The molecule has 0 aliphatic rings. The average Bonchev–Trinajstić information content (AvgIpc) is 2.57. The first-order valence-corrected chi connectivity index (χ1v) is 9.24. The maximum atomic E-state index is 11.0. The van der Waals surface area contributed by atoms with Crippen molar-refractivity contribution in [3.63, 3.8) is 0 Å². The standard InChI is InChI=1S/C19H36O4/c1-23-19(22)18(21)16-14-12-10-8-6-4-2-3-5-7-9-11-13-15-17-20/h2,4,18,20-21H,3,5-17H2,1H3/b4-2-. The SMILES string of the molecule is COC(=O)C(O)CCCCCC/C=C\CCCCCCCCO. The van der Waals surface area contributed by atoms with Crippen LogP contribution in [-0.2, 0) is 9.53 Å². The fraction of sp³-hybridized carbons (Fsp3) is 0.842. The van der Waals surface area contributed by atoms with Gasteiger partial charge in [0.05, 0.1) is 7.11 Å². The Hall–Kier alpha value is -0.870. The van der Waals surface area contributed by atoms with Gasteiger partial charge in [0.1, 0.15) is 0 Å². The molecule has 136 valence electrons.